The number of thiocarbonyl (C=S) groups is 1. The fourth-order valence-corrected chi connectivity index (χ4v) is 1.09. The summed E-state index contributed by atoms with van der Waals surface area (Å²) in [7, 11) is 0. The standard InChI is InChI=1S/C12H18N2S/c1-6-12(14-11(4)15)9(2)7-8-10(3)13-5/h6-8H,5H2,1-4H3,(H,14,15)/b9-7+,10-8-,12-6-. The van der Waals surface area contributed by atoms with E-state index < -0.39 is 0 Å². The fraction of sp³-hybridized carbons (Fsp3) is 0.333. The van der Waals surface area contributed by atoms with Crippen molar-refractivity contribution in [2.24, 2.45) is 4.99 Å². The van der Waals surface area contributed by atoms with E-state index in [1.807, 2.05) is 45.9 Å². The first-order valence-electron chi connectivity index (χ1n) is 4.77. The van der Waals surface area contributed by atoms with Crippen LogP contribution in [0.3, 0.4) is 0 Å². The van der Waals surface area contributed by atoms with Crippen molar-refractivity contribution >= 4 is 23.9 Å². The molecule has 0 radical (unpaired) electrons. The van der Waals surface area contributed by atoms with Gasteiger partial charge in [0.1, 0.15) is 0 Å². The summed E-state index contributed by atoms with van der Waals surface area (Å²) in [6.07, 6.45) is 5.91. The second kappa shape index (κ2) is 7.12. The van der Waals surface area contributed by atoms with Gasteiger partial charge in [0.15, 0.2) is 0 Å². The Morgan fingerprint density at radius 2 is 1.87 bits per heavy atom. The molecule has 0 unspecified atom stereocenters. The fourth-order valence-electron chi connectivity index (χ4n) is 0.976. The molecule has 0 aromatic carbocycles. The maximum absolute atomic E-state index is 4.99. The third kappa shape index (κ3) is 5.96. The van der Waals surface area contributed by atoms with Crippen molar-refractivity contribution in [2.75, 3.05) is 0 Å². The van der Waals surface area contributed by atoms with Gasteiger partial charge in [0, 0.05) is 11.4 Å². The van der Waals surface area contributed by atoms with Crippen LogP contribution < -0.4 is 5.32 Å². The second-order valence-corrected chi connectivity index (χ2v) is 3.81. The molecule has 1 N–H and O–H groups in total. The van der Waals surface area contributed by atoms with E-state index in [-0.39, 0.29) is 0 Å². The zero-order valence-electron chi connectivity index (χ0n) is 9.79. The Balaban J connectivity index is 4.73. The Morgan fingerprint density at radius 1 is 1.27 bits per heavy atom. The summed E-state index contributed by atoms with van der Waals surface area (Å²) >= 11 is 4.99. The average molecular weight is 222 g/mol. The van der Waals surface area contributed by atoms with Crippen molar-refractivity contribution in [1.29, 1.82) is 0 Å². The molecular formula is C12H18N2S. The van der Waals surface area contributed by atoms with Crippen molar-refractivity contribution in [2.45, 2.75) is 27.7 Å². The Morgan fingerprint density at radius 3 is 2.27 bits per heavy atom. The SMILES string of the molecule is C=N\C(C)=C/C=C(C)/C(=C/C)NC(C)=S. The molecule has 0 aliphatic heterocycles. The maximum atomic E-state index is 4.99. The average Bonchev–Trinajstić information content (AvgIpc) is 2.21. The van der Waals surface area contributed by atoms with Gasteiger partial charge in [-0.05, 0) is 46.1 Å². The Kier molecular flexibility index (Phi) is 6.54. The highest BCUT2D eigenvalue weighted by molar-refractivity contribution is 7.80. The smallest absolute Gasteiger partial charge is 0.0765 e. The van der Waals surface area contributed by atoms with Crippen molar-refractivity contribution in [3.8, 4) is 0 Å². The summed E-state index contributed by atoms with van der Waals surface area (Å²) in [6, 6.07) is 0. The summed E-state index contributed by atoms with van der Waals surface area (Å²) in [4.78, 5) is 4.57. The van der Waals surface area contributed by atoms with Gasteiger partial charge in [0.05, 0.1) is 4.99 Å². The number of nitrogens with one attached hydrogen (secondary N) is 1. The topological polar surface area (TPSA) is 24.4 Å². The van der Waals surface area contributed by atoms with E-state index in [0.29, 0.717) is 0 Å². The second-order valence-electron chi connectivity index (χ2n) is 3.20. The number of hydrogen-bond acceptors (Lipinski definition) is 2. The molecule has 0 rings (SSSR count). The van der Waals surface area contributed by atoms with Crippen LogP contribution in [0.25, 0.3) is 0 Å². The molecule has 0 spiro atoms. The summed E-state index contributed by atoms with van der Waals surface area (Å²) in [5.41, 5.74) is 3.03. The summed E-state index contributed by atoms with van der Waals surface area (Å²) < 4.78 is 0. The van der Waals surface area contributed by atoms with Gasteiger partial charge in [-0.3, -0.25) is 4.99 Å². The van der Waals surface area contributed by atoms with Gasteiger partial charge in [0.2, 0.25) is 0 Å². The van der Waals surface area contributed by atoms with Gasteiger partial charge in [-0.2, -0.15) is 0 Å². The summed E-state index contributed by atoms with van der Waals surface area (Å²) in [5.74, 6) is 0. The molecular weight excluding hydrogens is 204 g/mol. The molecule has 0 saturated heterocycles. The summed E-state index contributed by atoms with van der Waals surface area (Å²) in [6.45, 7) is 11.2. The monoisotopic (exact) mass is 222 g/mol. The third-order valence-electron chi connectivity index (χ3n) is 1.85. The van der Waals surface area contributed by atoms with Crippen molar-refractivity contribution in [3.05, 3.63) is 35.2 Å². The lowest BCUT2D eigenvalue weighted by atomic mass is 10.2. The number of allylic oxidation sites excluding steroid dienone is 5. The third-order valence-corrected chi connectivity index (χ3v) is 1.95. The van der Waals surface area contributed by atoms with Gasteiger partial charge >= 0.3 is 0 Å². The molecule has 0 amide bonds. The van der Waals surface area contributed by atoms with Crippen LogP contribution in [0.15, 0.2) is 40.2 Å². The van der Waals surface area contributed by atoms with Crippen molar-refractivity contribution in [3.63, 3.8) is 0 Å². The van der Waals surface area contributed by atoms with Gasteiger partial charge in [-0.1, -0.05) is 24.4 Å². The normalized spacial score (nSPS) is 13.7. The highest BCUT2D eigenvalue weighted by Crippen LogP contribution is 2.07. The molecule has 0 saturated carbocycles. The summed E-state index contributed by atoms with van der Waals surface area (Å²) in [5, 5.41) is 3.12. The number of rotatable bonds is 4. The van der Waals surface area contributed by atoms with Crippen molar-refractivity contribution < 1.29 is 0 Å². The first-order chi connectivity index (χ1) is 7.01. The molecule has 0 fully saturated rings. The Bertz CT molecular complexity index is 336. The van der Waals surface area contributed by atoms with Crippen LogP contribution in [0.1, 0.15) is 27.7 Å². The lowest BCUT2D eigenvalue weighted by Gasteiger charge is -2.08. The number of aliphatic imine (C=N–C) groups is 1. The lowest BCUT2D eigenvalue weighted by molar-refractivity contribution is 1.12. The molecule has 0 aliphatic rings. The van der Waals surface area contributed by atoms with E-state index in [4.69, 9.17) is 12.2 Å². The molecule has 0 aromatic rings. The van der Waals surface area contributed by atoms with Crippen LogP contribution >= 0.6 is 12.2 Å². The first kappa shape index (κ1) is 13.8. The van der Waals surface area contributed by atoms with E-state index in [2.05, 4.69) is 17.0 Å². The van der Waals surface area contributed by atoms with Gasteiger partial charge in [-0.25, -0.2) is 0 Å². The number of nitrogens with zero attached hydrogens (tertiary/aromatic N) is 1. The molecule has 82 valence electrons. The van der Waals surface area contributed by atoms with Crippen LogP contribution in [-0.4, -0.2) is 11.7 Å². The number of hydrogen-bond donors (Lipinski definition) is 1. The maximum Gasteiger partial charge on any atom is 0.0765 e. The van der Waals surface area contributed by atoms with E-state index in [0.717, 1.165) is 22.0 Å². The zero-order chi connectivity index (χ0) is 11.8. The molecule has 0 atom stereocenters. The minimum absolute atomic E-state index is 0.762. The Hall–Kier alpha value is -1.22. The highest BCUT2D eigenvalue weighted by Gasteiger charge is 1.97. The predicted molar refractivity (Wildman–Crippen MR) is 72.2 cm³/mol. The van der Waals surface area contributed by atoms with Crippen LogP contribution in [0.4, 0.5) is 0 Å². The zero-order valence-corrected chi connectivity index (χ0v) is 10.6. The van der Waals surface area contributed by atoms with Crippen LogP contribution in [0.2, 0.25) is 0 Å². The molecule has 0 heterocycles. The van der Waals surface area contributed by atoms with E-state index in [9.17, 15) is 0 Å². The first-order valence-corrected chi connectivity index (χ1v) is 5.18. The Labute approximate surface area is 97.5 Å². The quantitative estimate of drug-likeness (QED) is 0.448. The largest absolute Gasteiger partial charge is 0.350 e. The molecule has 0 aliphatic carbocycles. The van der Waals surface area contributed by atoms with Crippen LogP contribution in [0, 0.1) is 0 Å². The van der Waals surface area contributed by atoms with Crippen LogP contribution in [0.5, 0.6) is 0 Å². The highest BCUT2D eigenvalue weighted by atomic mass is 32.1. The molecule has 0 aromatic heterocycles. The molecule has 15 heavy (non-hydrogen) atoms. The van der Waals surface area contributed by atoms with Gasteiger partial charge in [-0.15, -0.1) is 0 Å². The molecule has 0 bridgehead atoms. The minimum Gasteiger partial charge on any atom is -0.350 e. The van der Waals surface area contributed by atoms with Crippen molar-refractivity contribution in [1.82, 2.24) is 5.32 Å². The minimum atomic E-state index is 0.762. The van der Waals surface area contributed by atoms with Gasteiger partial charge < -0.3 is 5.32 Å². The predicted octanol–water partition coefficient (Wildman–Crippen LogP) is 3.38. The van der Waals surface area contributed by atoms with Gasteiger partial charge in [0.25, 0.3) is 0 Å². The lowest BCUT2D eigenvalue weighted by Crippen LogP contribution is -2.17. The van der Waals surface area contributed by atoms with Crippen LogP contribution in [-0.2, 0) is 0 Å². The van der Waals surface area contributed by atoms with E-state index in [1.54, 1.807) is 0 Å². The molecule has 3 heteroatoms. The molecule has 2 nitrogen and oxygen atoms in total. The van der Waals surface area contributed by atoms with E-state index in [1.165, 1.54) is 0 Å². The van der Waals surface area contributed by atoms with E-state index >= 15 is 0 Å².